The quantitative estimate of drug-likeness (QED) is 0.882. The molecule has 0 amide bonds. The molecule has 1 aliphatic rings. The van der Waals surface area contributed by atoms with Gasteiger partial charge in [0.2, 0.25) is 0 Å². The molecule has 1 aromatic carbocycles. The van der Waals surface area contributed by atoms with Gasteiger partial charge in [-0.15, -0.1) is 0 Å². The highest BCUT2D eigenvalue weighted by atomic mass is 19.1. The summed E-state index contributed by atoms with van der Waals surface area (Å²) in [7, 11) is 0. The van der Waals surface area contributed by atoms with E-state index in [0.717, 1.165) is 32.6 Å². The highest BCUT2D eigenvalue weighted by Crippen LogP contribution is 2.11. The maximum absolute atomic E-state index is 12.8. The molecule has 1 fully saturated rings. The lowest BCUT2D eigenvalue weighted by Crippen LogP contribution is -2.32. The summed E-state index contributed by atoms with van der Waals surface area (Å²) in [6, 6.07) is 6.90. The Balaban J connectivity index is 1.80. The van der Waals surface area contributed by atoms with Crippen LogP contribution in [0, 0.1) is 11.7 Å². The zero-order valence-corrected chi connectivity index (χ0v) is 11.2. The van der Waals surface area contributed by atoms with E-state index in [1.807, 2.05) is 12.1 Å². The van der Waals surface area contributed by atoms with Gasteiger partial charge in [-0.05, 0) is 49.5 Å². The van der Waals surface area contributed by atoms with Crippen LogP contribution < -0.4 is 5.32 Å². The molecule has 1 atom stereocenters. The molecule has 0 radical (unpaired) electrons. The van der Waals surface area contributed by atoms with E-state index in [1.54, 1.807) is 12.1 Å². The summed E-state index contributed by atoms with van der Waals surface area (Å²) in [5.74, 6) is 0.471. The maximum atomic E-state index is 12.8. The summed E-state index contributed by atoms with van der Waals surface area (Å²) in [6.07, 6.45) is 2.27. The summed E-state index contributed by atoms with van der Waals surface area (Å²) in [5, 5.41) is 3.42. The van der Waals surface area contributed by atoms with Gasteiger partial charge in [0.25, 0.3) is 0 Å². The highest BCUT2D eigenvalue weighted by Gasteiger charge is 2.12. The molecular weight excluding hydrogens is 227 g/mol. The number of nitrogens with zero attached hydrogens (tertiary/aromatic N) is 1. The number of rotatable bonds is 4. The number of nitrogens with one attached hydrogen (secondary N) is 1. The monoisotopic (exact) mass is 250 g/mol. The van der Waals surface area contributed by atoms with Crippen LogP contribution in [-0.2, 0) is 6.42 Å². The highest BCUT2D eigenvalue weighted by molar-refractivity contribution is 5.16. The fourth-order valence-corrected chi connectivity index (χ4v) is 2.61. The largest absolute Gasteiger partial charge is 0.315 e. The van der Waals surface area contributed by atoms with Gasteiger partial charge in [0.1, 0.15) is 5.82 Å². The summed E-state index contributed by atoms with van der Waals surface area (Å²) in [5.41, 5.74) is 1.23. The lowest BCUT2D eigenvalue weighted by atomic mass is 10.0. The zero-order valence-electron chi connectivity index (χ0n) is 11.2. The van der Waals surface area contributed by atoms with Crippen LogP contribution in [0.4, 0.5) is 4.39 Å². The molecule has 0 spiro atoms. The Kier molecular flexibility index (Phi) is 5.14. The second kappa shape index (κ2) is 6.86. The first-order valence-electron chi connectivity index (χ1n) is 6.91. The van der Waals surface area contributed by atoms with Crippen molar-refractivity contribution in [2.75, 3.05) is 32.7 Å². The van der Waals surface area contributed by atoms with E-state index in [9.17, 15) is 4.39 Å². The molecule has 100 valence electrons. The lowest BCUT2D eigenvalue weighted by molar-refractivity contribution is 0.251. The minimum Gasteiger partial charge on any atom is -0.315 e. The lowest BCUT2D eigenvalue weighted by Gasteiger charge is -2.23. The minimum absolute atomic E-state index is 0.148. The third kappa shape index (κ3) is 4.39. The van der Waals surface area contributed by atoms with Crippen LogP contribution in [0.5, 0.6) is 0 Å². The van der Waals surface area contributed by atoms with Crippen LogP contribution in [0.2, 0.25) is 0 Å². The molecule has 2 rings (SSSR count). The van der Waals surface area contributed by atoms with Gasteiger partial charge in [0, 0.05) is 19.6 Å². The first-order chi connectivity index (χ1) is 8.74. The Morgan fingerprint density at radius 2 is 2.00 bits per heavy atom. The first kappa shape index (κ1) is 13.5. The van der Waals surface area contributed by atoms with Crippen molar-refractivity contribution in [3.05, 3.63) is 35.6 Å². The van der Waals surface area contributed by atoms with E-state index >= 15 is 0 Å². The van der Waals surface area contributed by atoms with Crippen molar-refractivity contribution in [3.8, 4) is 0 Å². The topological polar surface area (TPSA) is 15.3 Å². The molecule has 1 aliphatic heterocycles. The zero-order chi connectivity index (χ0) is 12.8. The summed E-state index contributed by atoms with van der Waals surface area (Å²) < 4.78 is 12.8. The predicted molar refractivity (Wildman–Crippen MR) is 73.2 cm³/mol. The van der Waals surface area contributed by atoms with E-state index < -0.39 is 0 Å². The SMILES string of the molecule is CC(Cc1ccc(F)cc1)CN1CCCNCC1. The average molecular weight is 250 g/mol. The van der Waals surface area contributed by atoms with Gasteiger partial charge < -0.3 is 10.2 Å². The van der Waals surface area contributed by atoms with Crippen molar-refractivity contribution in [1.29, 1.82) is 0 Å². The molecule has 1 unspecified atom stereocenters. The number of hydrogen-bond donors (Lipinski definition) is 1. The summed E-state index contributed by atoms with van der Waals surface area (Å²) >= 11 is 0. The van der Waals surface area contributed by atoms with Crippen LogP contribution in [0.3, 0.4) is 0 Å². The smallest absolute Gasteiger partial charge is 0.123 e. The summed E-state index contributed by atoms with van der Waals surface area (Å²) in [6.45, 7) is 8.00. The van der Waals surface area contributed by atoms with Crippen LogP contribution >= 0.6 is 0 Å². The standard InChI is InChI=1S/C15H23FN2/c1-13(11-14-3-5-15(16)6-4-14)12-18-9-2-7-17-8-10-18/h3-6,13,17H,2,7-12H2,1H3. The summed E-state index contributed by atoms with van der Waals surface area (Å²) in [4.78, 5) is 2.54. The normalized spacial score (nSPS) is 19.4. The fourth-order valence-electron chi connectivity index (χ4n) is 2.61. The Bertz CT molecular complexity index is 342. The van der Waals surface area contributed by atoms with Crippen molar-refractivity contribution in [2.24, 2.45) is 5.92 Å². The van der Waals surface area contributed by atoms with Gasteiger partial charge in [0.15, 0.2) is 0 Å². The first-order valence-corrected chi connectivity index (χ1v) is 6.91. The van der Waals surface area contributed by atoms with E-state index in [2.05, 4.69) is 17.1 Å². The van der Waals surface area contributed by atoms with Crippen LogP contribution in [-0.4, -0.2) is 37.6 Å². The van der Waals surface area contributed by atoms with Gasteiger partial charge in [-0.25, -0.2) is 4.39 Å². The Morgan fingerprint density at radius 1 is 1.22 bits per heavy atom. The Morgan fingerprint density at radius 3 is 2.78 bits per heavy atom. The molecule has 18 heavy (non-hydrogen) atoms. The van der Waals surface area contributed by atoms with Gasteiger partial charge in [-0.2, -0.15) is 0 Å². The third-order valence-corrected chi connectivity index (χ3v) is 3.50. The molecule has 1 heterocycles. The average Bonchev–Trinajstić information content (AvgIpc) is 2.61. The third-order valence-electron chi connectivity index (χ3n) is 3.50. The van der Waals surface area contributed by atoms with Crippen LogP contribution in [0.25, 0.3) is 0 Å². The fraction of sp³-hybridized carbons (Fsp3) is 0.600. The van der Waals surface area contributed by atoms with E-state index in [-0.39, 0.29) is 5.82 Å². The molecule has 0 aliphatic carbocycles. The number of benzene rings is 1. The molecule has 0 bridgehead atoms. The molecule has 2 nitrogen and oxygen atoms in total. The molecule has 0 aromatic heterocycles. The van der Waals surface area contributed by atoms with Crippen molar-refractivity contribution < 1.29 is 4.39 Å². The van der Waals surface area contributed by atoms with E-state index in [4.69, 9.17) is 0 Å². The molecular formula is C15H23FN2. The minimum atomic E-state index is -0.148. The Hall–Kier alpha value is -0.930. The van der Waals surface area contributed by atoms with E-state index in [1.165, 1.54) is 18.5 Å². The predicted octanol–water partition coefficient (Wildman–Crippen LogP) is 2.30. The molecule has 3 heteroatoms. The molecule has 1 saturated heterocycles. The second-order valence-corrected chi connectivity index (χ2v) is 5.34. The maximum Gasteiger partial charge on any atom is 0.123 e. The van der Waals surface area contributed by atoms with Gasteiger partial charge in [-0.3, -0.25) is 0 Å². The number of hydrogen-bond acceptors (Lipinski definition) is 2. The van der Waals surface area contributed by atoms with Crippen molar-refractivity contribution in [1.82, 2.24) is 10.2 Å². The van der Waals surface area contributed by atoms with Gasteiger partial charge in [0.05, 0.1) is 0 Å². The van der Waals surface area contributed by atoms with Crippen LogP contribution in [0.15, 0.2) is 24.3 Å². The van der Waals surface area contributed by atoms with Gasteiger partial charge in [-0.1, -0.05) is 19.1 Å². The van der Waals surface area contributed by atoms with E-state index in [0.29, 0.717) is 5.92 Å². The second-order valence-electron chi connectivity index (χ2n) is 5.34. The molecule has 1 aromatic rings. The van der Waals surface area contributed by atoms with Gasteiger partial charge >= 0.3 is 0 Å². The number of halogens is 1. The van der Waals surface area contributed by atoms with Crippen molar-refractivity contribution >= 4 is 0 Å². The molecule has 0 saturated carbocycles. The van der Waals surface area contributed by atoms with Crippen molar-refractivity contribution in [2.45, 2.75) is 19.8 Å². The Labute approximate surface area is 109 Å². The van der Waals surface area contributed by atoms with Crippen molar-refractivity contribution in [3.63, 3.8) is 0 Å². The molecule has 1 N–H and O–H groups in total. The van der Waals surface area contributed by atoms with Crippen LogP contribution in [0.1, 0.15) is 18.9 Å².